The maximum absolute atomic E-state index is 13.0. The molecule has 14 heavy (non-hydrogen) atoms. The van der Waals surface area contributed by atoms with Gasteiger partial charge in [-0.2, -0.15) is 0 Å². The third kappa shape index (κ3) is 1.71. The van der Waals surface area contributed by atoms with Crippen molar-refractivity contribution in [3.05, 3.63) is 34.9 Å². The summed E-state index contributed by atoms with van der Waals surface area (Å²) in [7, 11) is 0. The molecule has 0 fully saturated rings. The fraction of sp³-hybridized carbons (Fsp3) is 0.250. The van der Waals surface area contributed by atoms with Gasteiger partial charge in [0.05, 0.1) is 0 Å². The van der Waals surface area contributed by atoms with Crippen molar-refractivity contribution < 1.29 is 17.6 Å². The summed E-state index contributed by atoms with van der Waals surface area (Å²) in [5.41, 5.74) is 9.38. The lowest BCUT2D eigenvalue weighted by molar-refractivity contribution is 0.427. The molecule has 2 nitrogen and oxygen atoms in total. The summed E-state index contributed by atoms with van der Waals surface area (Å²) in [5, 5.41) is 0. The highest BCUT2D eigenvalue weighted by Gasteiger charge is 2.22. The quantitative estimate of drug-likeness (QED) is 0.566. The van der Waals surface area contributed by atoms with Crippen molar-refractivity contribution in [2.75, 3.05) is 6.54 Å². The molecule has 0 aliphatic carbocycles. The Bertz CT molecular complexity index is 327. The van der Waals surface area contributed by atoms with Crippen LogP contribution in [0.5, 0.6) is 0 Å². The van der Waals surface area contributed by atoms with Gasteiger partial charge in [0.2, 0.25) is 0 Å². The summed E-state index contributed by atoms with van der Waals surface area (Å²) in [5.74, 6) is -5.96. The Balaban J connectivity index is 3.39. The fourth-order valence-corrected chi connectivity index (χ4v) is 1.04. The molecule has 1 rings (SSSR count). The van der Waals surface area contributed by atoms with E-state index in [2.05, 4.69) is 0 Å². The molecule has 0 aliphatic heterocycles. The molecule has 0 bridgehead atoms. The van der Waals surface area contributed by atoms with Crippen molar-refractivity contribution >= 4 is 0 Å². The minimum Gasteiger partial charge on any atom is -0.329 e. The summed E-state index contributed by atoms with van der Waals surface area (Å²) in [6, 6.07) is -1.14. The zero-order valence-corrected chi connectivity index (χ0v) is 7.03. The first-order valence-corrected chi connectivity index (χ1v) is 3.77. The molecule has 0 saturated heterocycles. The van der Waals surface area contributed by atoms with Gasteiger partial charge in [-0.25, -0.2) is 17.6 Å². The highest BCUT2D eigenvalue weighted by molar-refractivity contribution is 5.25. The maximum atomic E-state index is 13.0. The minimum atomic E-state index is -1.50. The molecule has 0 amide bonds. The number of hydrogen-bond acceptors (Lipinski definition) is 2. The van der Waals surface area contributed by atoms with Crippen LogP contribution in [0.15, 0.2) is 6.07 Å². The molecule has 1 aromatic carbocycles. The van der Waals surface area contributed by atoms with E-state index in [1.807, 2.05) is 0 Å². The van der Waals surface area contributed by atoms with Crippen molar-refractivity contribution in [2.45, 2.75) is 6.04 Å². The van der Waals surface area contributed by atoms with Crippen LogP contribution < -0.4 is 11.5 Å². The lowest BCUT2D eigenvalue weighted by atomic mass is 10.1. The van der Waals surface area contributed by atoms with E-state index in [0.29, 0.717) is 0 Å². The van der Waals surface area contributed by atoms with E-state index < -0.39 is 34.9 Å². The monoisotopic (exact) mass is 208 g/mol. The van der Waals surface area contributed by atoms with Crippen molar-refractivity contribution in [2.24, 2.45) is 11.5 Å². The molecule has 0 heterocycles. The molecule has 78 valence electrons. The zero-order valence-electron chi connectivity index (χ0n) is 7.03. The van der Waals surface area contributed by atoms with Gasteiger partial charge in [-0.05, 0) is 0 Å². The van der Waals surface area contributed by atoms with E-state index in [4.69, 9.17) is 11.5 Å². The van der Waals surface area contributed by atoms with Gasteiger partial charge in [-0.15, -0.1) is 0 Å². The SMILES string of the molecule is NC[C@@H](N)c1c(F)c(F)cc(F)c1F. The molecule has 1 aromatic rings. The van der Waals surface area contributed by atoms with Gasteiger partial charge in [0.25, 0.3) is 0 Å². The molecule has 0 aromatic heterocycles. The van der Waals surface area contributed by atoms with Gasteiger partial charge in [0, 0.05) is 24.2 Å². The highest BCUT2D eigenvalue weighted by Crippen LogP contribution is 2.23. The number of hydrogen-bond donors (Lipinski definition) is 2. The molecule has 0 saturated carbocycles. The summed E-state index contributed by atoms with van der Waals surface area (Å²) in [4.78, 5) is 0. The molecular formula is C8H8F4N2. The first kappa shape index (κ1) is 10.9. The van der Waals surface area contributed by atoms with Crippen molar-refractivity contribution in [3.8, 4) is 0 Å². The summed E-state index contributed by atoms with van der Waals surface area (Å²) in [6.07, 6.45) is 0. The lowest BCUT2D eigenvalue weighted by Crippen LogP contribution is -2.24. The molecule has 6 heteroatoms. The van der Waals surface area contributed by atoms with Crippen LogP contribution in [0.1, 0.15) is 11.6 Å². The lowest BCUT2D eigenvalue weighted by Gasteiger charge is -2.12. The predicted molar refractivity (Wildman–Crippen MR) is 42.3 cm³/mol. The van der Waals surface area contributed by atoms with Gasteiger partial charge in [0.15, 0.2) is 23.3 Å². The van der Waals surface area contributed by atoms with Crippen LogP contribution in [0.4, 0.5) is 17.6 Å². The first-order valence-electron chi connectivity index (χ1n) is 3.77. The Morgan fingerprint density at radius 3 is 1.86 bits per heavy atom. The van der Waals surface area contributed by atoms with Crippen molar-refractivity contribution in [1.82, 2.24) is 0 Å². The Morgan fingerprint density at radius 1 is 1.07 bits per heavy atom. The normalized spacial score (nSPS) is 13.0. The highest BCUT2D eigenvalue weighted by atomic mass is 19.2. The number of nitrogens with two attached hydrogens (primary N) is 2. The Kier molecular flexibility index (Phi) is 3.07. The molecule has 0 aliphatic rings. The molecule has 4 N–H and O–H groups in total. The van der Waals surface area contributed by atoms with Gasteiger partial charge in [-0.1, -0.05) is 0 Å². The third-order valence-electron chi connectivity index (χ3n) is 1.77. The molecule has 0 radical (unpaired) electrons. The zero-order chi connectivity index (χ0) is 10.9. The number of halogens is 4. The average molecular weight is 208 g/mol. The van der Waals surface area contributed by atoms with Crippen molar-refractivity contribution in [3.63, 3.8) is 0 Å². The van der Waals surface area contributed by atoms with Crippen LogP contribution in [0.2, 0.25) is 0 Å². The minimum absolute atomic E-state index is 0.122. The number of benzene rings is 1. The Labute approximate surface area is 77.5 Å². The molecular weight excluding hydrogens is 200 g/mol. The predicted octanol–water partition coefficient (Wildman–Crippen LogP) is 1.20. The molecule has 0 spiro atoms. The molecule has 1 atom stereocenters. The largest absolute Gasteiger partial charge is 0.329 e. The van der Waals surface area contributed by atoms with Gasteiger partial charge < -0.3 is 11.5 Å². The van der Waals surface area contributed by atoms with E-state index in [-0.39, 0.29) is 12.6 Å². The first-order chi connectivity index (χ1) is 6.49. The summed E-state index contributed by atoms with van der Waals surface area (Å²) in [6.45, 7) is -0.309. The Morgan fingerprint density at radius 2 is 1.50 bits per heavy atom. The van der Waals surface area contributed by atoms with E-state index in [9.17, 15) is 17.6 Å². The second-order valence-corrected chi connectivity index (χ2v) is 2.72. The summed E-state index contributed by atoms with van der Waals surface area (Å²) >= 11 is 0. The maximum Gasteiger partial charge on any atom is 0.166 e. The average Bonchev–Trinajstić information content (AvgIpc) is 2.15. The topological polar surface area (TPSA) is 52.0 Å². The van der Waals surface area contributed by atoms with E-state index in [1.165, 1.54) is 0 Å². The van der Waals surface area contributed by atoms with E-state index >= 15 is 0 Å². The van der Waals surface area contributed by atoms with E-state index in [0.717, 1.165) is 0 Å². The Hall–Kier alpha value is -1.14. The van der Waals surface area contributed by atoms with Crippen LogP contribution >= 0.6 is 0 Å². The van der Waals surface area contributed by atoms with Gasteiger partial charge in [-0.3, -0.25) is 0 Å². The smallest absolute Gasteiger partial charge is 0.166 e. The summed E-state index contributed by atoms with van der Waals surface area (Å²) < 4.78 is 51.2. The van der Waals surface area contributed by atoms with E-state index in [1.54, 1.807) is 0 Å². The fourth-order valence-electron chi connectivity index (χ4n) is 1.04. The van der Waals surface area contributed by atoms with Crippen LogP contribution in [-0.2, 0) is 0 Å². The van der Waals surface area contributed by atoms with Crippen LogP contribution in [0.25, 0.3) is 0 Å². The second kappa shape index (κ2) is 3.93. The third-order valence-corrected chi connectivity index (χ3v) is 1.77. The second-order valence-electron chi connectivity index (χ2n) is 2.72. The molecule has 0 unspecified atom stereocenters. The van der Waals surface area contributed by atoms with Gasteiger partial charge >= 0.3 is 0 Å². The van der Waals surface area contributed by atoms with Crippen LogP contribution in [-0.4, -0.2) is 6.54 Å². The van der Waals surface area contributed by atoms with Gasteiger partial charge in [0.1, 0.15) is 0 Å². The number of rotatable bonds is 2. The van der Waals surface area contributed by atoms with Crippen LogP contribution in [0.3, 0.4) is 0 Å². The van der Waals surface area contributed by atoms with Crippen molar-refractivity contribution in [1.29, 1.82) is 0 Å². The van der Waals surface area contributed by atoms with Crippen LogP contribution in [0, 0.1) is 23.3 Å². The standard InChI is InChI=1S/C8H8F4N2/c9-3-1-4(10)8(12)6(7(3)11)5(14)2-13/h1,5H,2,13-14H2/t5-/m1/s1.